The molecule has 1 aromatic carbocycles. The zero-order valence-corrected chi connectivity index (χ0v) is 20.1. The molecule has 3 aliphatic rings. The largest absolute Gasteiger partial charge is 0.504 e. The number of nitrogens with zero attached hydrogens (tertiary/aromatic N) is 2. The van der Waals surface area contributed by atoms with Crippen molar-refractivity contribution < 1.29 is 64.7 Å². The van der Waals surface area contributed by atoms with Crippen molar-refractivity contribution in [3.63, 3.8) is 0 Å². The number of phenols is 1. The lowest BCUT2D eigenvalue weighted by atomic mass is 9.99. The Morgan fingerprint density at radius 2 is 1.77 bits per heavy atom. The molecule has 1 saturated heterocycles. The van der Waals surface area contributed by atoms with E-state index in [1.807, 2.05) is 0 Å². The van der Waals surface area contributed by atoms with Crippen LogP contribution in [0.2, 0.25) is 0 Å². The van der Waals surface area contributed by atoms with Crippen LogP contribution >= 0.6 is 0 Å². The summed E-state index contributed by atoms with van der Waals surface area (Å²) >= 11 is 0. The fourth-order valence-corrected chi connectivity index (χ4v) is 4.51. The molecular formula is C24H26N2O13. The second-order valence-corrected chi connectivity index (χ2v) is 9.14. The van der Waals surface area contributed by atoms with Crippen molar-refractivity contribution >= 4 is 29.3 Å². The number of aliphatic hydroxyl groups is 4. The van der Waals surface area contributed by atoms with Gasteiger partial charge >= 0.3 is 17.9 Å². The van der Waals surface area contributed by atoms with Gasteiger partial charge in [-0.3, -0.25) is 4.99 Å². The molecule has 0 bridgehead atoms. The lowest BCUT2D eigenvalue weighted by molar-refractivity contribution is -0.277. The van der Waals surface area contributed by atoms with Crippen molar-refractivity contribution in [1.82, 2.24) is 0 Å². The van der Waals surface area contributed by atoms with Crippen LogP contribution in [-0.2, 0) is 25.5 Å². The van der Waals surface area contributed by atoms with Crippen LogP contribution in [0, 0.1) is 0 Å². The van der Waals surface area contributed by atoms with E-state index in [9.17, 15) is 55.2 Å². The first-order chi connectivity index (χ1) is 18.4. The average molecular weight is 550 g/mol. The van der Waals surface area contributed by atoms with Gasteiger partial charge in [-0.2, -0.15) is 0 Å². The number of rotatable bonds is 8. The molecule has 210 valence electrons. The van der Waals surface area contributed by atoms with Gasteiger partial charge in [0.1, 0.15) is 36.2 Å². The zero-order valence-electron chi connectivity index (χ0n) is 20.1. The molecule has 15 heteroatoms. The van der Waals surface area contributed by atoms with Gasteiger partial charge < -0.3 is 55.2 Å². The smallest absolute Gasteiger partial charge is 0.354 e. The predicted octanol–water partition coefficient (Wildman–Crippen LogP) is -1.79. The van der Waals surface area contributed by atoms with Crippen LogP contribution in [0.15, 0.2) is 41.1 Å². The van der Waals surface area contributed by atoms with Crippen LogP contribution in [0.25, 0.3) is 0 Å². The Morgan fingerprint density at radius 1 is 1.05 bits per heavy atom. The number of aliphatic hydroxyl groups excluding tert-OH is 4. The van der Waals surface area contributed by atoms with Gasteiger partial charge in [-0.15, -0.1) is 0 Å². The fourth-order valence-electron chi connectivity index (χ4n) is 4.51. The first-order valence-electron chi connectivity index (χ1n) is 11.7. The van der Waals surface area contributed by atoms with E-state index in [1.165, 1.54) is 35.4 Å². The quantitative estimate of drug-likeness (QED) is 0.178. The maximum absolute atomic E-state index is 12.0. The molecule has 8 N–H and O–H groups in total. The number of anilines is 1. The molecule has 4 rings (SSSR count). The van der Waals surface area contributed by atoms with Crippen LogP contribution in [0.1, 0.15) is 12.0 Å². The summed E-state index contributed by atoms with van der Waals surface area (Å²) < 4.78 is 10.8. The molecule has 0 aliphatic carbocycles. The number of carbonyl (C=O) groups is 3. The molecule has 0 saturated carbocycles. The minimum atomic E-state index is -1.76. The molecule has 15 nitrogen and oxygen atoms in total. The Balaban J connectivity index is 1.64. The maximum Gasteiger partial charge on any atom is 0.354 e. The molecule has 3 aliphatic heterocycles. The number of fused-ring (bicyclic) bond motifs is 1. The minimum absolute atomic E-state index is 0.0402. The molecule has 7 atom stereocenters. The minimum Gasteiger partial charge on any atom is -0.504 e. The van der Waals surface area contributed by atoms with Gasteiger partial charge in [0.15, 0.2) is 17.5 Å². The van der Waals surface area contributed by atoms with Gasteiger partial charge in [-0.25, -0.2) is 14.4 Å². The van der Waals surface area contributed by atoms with E-state index < -0.39 is 78.8 Å². The van der Waals surface area contributed by atoms with Gasteiger partial charge in [0, 0.05) is 30.8 Å². The number of aliphatic carboxylic acids is 3. The second kappa shape index (κ2) is 11.0. The highest BCUT2D eigenvalue weighted by Gasteiger charge is 2.45. The normalized spacial score (nSPS) is 30.5. The molecule has 0 unspecified atom stereocenters. The average Bonchev–Trinajstić information content (AvgIpc) is 3.24. The van der Waals surface area contributed by atoms with Crippen molar-refractivity contribution in [2.24, 2.45) is 4.99 Å². The van der Waals surface area contributed by atoms with Crippen molar-refractivity contribution in [2.45, 2.75) is 55.6 Å². The number of ether oxygens (including phenoxy) is 2. The highest BCUT2D eigenvalue weighted by molar-refractivity contribution is 6.41. The number of carboxylic acids is 3. The van der Waals surface area contributed by atoms with Gasteiger partial charge in [0.05, 0.1) is 6.61 Å². The molecule has 0 aromatic heterocycles. The topological polar surface area (TPSA) is 247 Å². The van der Waals surface area contributed by atoms with Crippen LogP contribution < -0.4 is 9.64 Å². The summed E-state index contributed by atoms with van der Waals surface area (Å²) in [5.41, 5.74) is 0.461. The summed E-state index contributed by atoms with van der Waals surface area (Å²) in [4.78, 5) is 39.8. The third kappa shape index (κ3) is 5.57. The van der Waals surface area contributed by atoms with Crippen LogP contribution in [0.5, 0.6) is 11.5 Å². The summed E-state index contributed by atoms with van der Waals surface area (Å²) in [5, 5.41) is 78.4. The second-order valence-electron chi connectivity index (χ2n) is 9.14. The lowest BCUT2D eigenvalue weighted by Gasteiger charge is -2.39. The van der Waals surface area contributed by atoms with Crippen molar-refractivity contribution in [3.8, 4) is 11.5 Å². The molecule has 3 heterocycles. The standard InChI is InChI=1S/C24H26N2O13/c27-8-17-18(29)19(30)20(31)24(39-17)38-16-7-13-10(6-15(16)28)5-14(23(36)37)26(13)2-1-9-3-11(21(32)33)25-12(4-9)22(34)35/h1-3,6-7,12,14,17-20,24,27-31H,4-5,8H2,(H,32,33)(H,34,35)(H,36,37)/t12-,14-,17+,18+,19-,20+,24+/m0/s1. The van der Waals surface area contributed by atoms with E-state index in [2.05, 4.69) is 4.99 Å². The Morgan fingerprint density at radius 3 is 2.38 bits per heavy atom. The van der Waals surface area contributed by atoms with E-state index in [0.29, 0.717) is 5.56 Å². The number of allylic oxidation sites excluding steroid dienone is 1. The number of hydrogen-bond donors (Lipinski definition) is 8. The third-order valence-electron chi connectivity index (χ3n) is 6.56. The van der Waals surface area contributed by atoms with Gasteiger partial charge in [-0.05, 0) is 29.4 Å². The summed E-state index contributed by atoms with van der Waals surface area (Å²) in [6, 6.07) is 0.0231. The fraction of sp³-hybridized carbons (Fsp3) is 0.417. The highest BCUT2D eigenvalue weighted by atomic mass is 16.7. The molecule has 1 fully saturated rings. The number of carboxylic acid groups (broad SMARTS) is 3. The number of phenolic OH excluding ortho intramolecular Hbond substituents is 1. The third-order valence-corrected chi connectivity index (χ3v) is 6.56. The van der Waals surface area contributed by atoms with Crippen LogP contribution in [0.4, 0.5) is 5.69 Å². The van der Waals surface area contributed by atoms with Gasteiger partial charge in [0.2, 0.25) is 6.29 Å². The van der Waals surface area contributed by atoms with Gasteiger partial charge in [-0.1, -0.05) is 0 Å². The molecular weight excluding hydrogens is 524 g/mol. The molecule has 0 amide bonds. The van der Waals surface area contributed by atoms with E-state index in [1.54, 1.807) is 0 Å². The monoisotopic (exact) mass is 550 g/mol. The summed E-state index contributed by atoms with van der Waals surface area (Å²) in [6.07, 6.45) is -4.30. The Bertz CT molecular complexity index is 1260. The van der Waals surface area contributed by atoms with Crippen LogP contribution in [-0.4, -0.2) is 114 Å². The van der Waals surface area contributed by atoms with E-state index in [-0.39, 0.29) is 29.9 Å². The number of benzene rings is 1. The van der Waals surface area contributed by atoms with Crippen LogP contribution in [0.3, 0.4) is 0 Å². The zero-order chi connectivity index (χ0) is 28.6. The molecule has 0 radical (unpaired) electrons. The number of aliphatic imine (C=N–C) groups is 1. The molecule has 1 aromatic rings. The highest BCUT2D eigenvalue weighted by Crippen LogP contribution is 2.42. The summed E-state index contributed by atoms with van der Waals surface area (Å²) in [7, 11) is 0. The van der Waals surface area contributed by atoms with E-state index in [4.69, 9.17) is 9.47 Å². The number of dihydropyridines is 1. The SMILES string of the molecule is O=C(O)C1=N[C@H](C(=O)O)CC(C=CN2c3cc(O[C@@H]4O[C@H](CO)[C@@H](O)[C@H](O)[C@H]4O)c(O)cc3C[C@H]2C(=O)O)=C1. The van der Waals surface area contributed by atoms with E-state index >= 15 is 0 Å². The van der Waals surface area contributed by atoms with Crippen molar-refractivity contribution in [2.75, 3.05) is 11.5 Å². The first-order valence-corrected chi connectivity index (χ1v) is 11.7. The molecule has 0 spiro atoms. The predicted molar refractivity (Wildman–Crippen MR) is 128 cm³/mol. The Hall–Kier alpha value is -4.02. The van der Waals surface area contributed by atoms with Crippen molar-refractivity contribution in [1.29, 1.82) is 0 Å². The maximum atomic E-state index is 12.0. The number of aromatic hydroxyl groups is 1. The number of hydrogen-bond acceptors (Lipinski definition) is 12. The Labute approximate surface area is 219 Å². The van der Waals surface area contributed by atoms with Gasteiger partial charge in [0.25, 0.3) is 0 Å². The first kappa shape index (κ1) is 28.0. The Kier molecular flexibility index (Phi) is 7.89. The van der Waals surface area contributed by atoms with Crippen molar-refractivity contribution in [3.05, 3.63) is 41.6 Å². The summed E-state index contributed by atoms with van der Waals surface area (Å²) in [5.74, 6) is -4.69. The lowest BCUT2D eigenvalue weighted by Crippen LogP contribution is -2.60. The van der Waals surface area contributed by atoms with E-state index in [0.717, 1.165) is 0 Å². The summed E-state index contributed by atoms with van der Waals surface area (Å²) in [6.45, 7) is -0.702. The molecule has 39 heavy (non-hydrogen) atoms.